The Balaban J connectivity index is 0.00000182. The van der Waals surface area contributed by atoms with E-state index in [0.717, 1.165) is 31.9 Å². The van der Waals surface area contributed by atoms with Crippen molar-refractivity contribution in [2.45, 2.75) is 12.6 Å². The molecule has 1 N–H and O–H groups in total. The van der Waals surface area contributed by atoms with Gasteiger partial charge in [-0.25, -0.2) is 4.68 Å². The van der Waals surface area contributed by atoms with E-state index in [2.05, 4.69) is 50.8 Å². The minimum absolute atomic E-state index is 0. The lowest BCUT2D eigenvalue weighted by molar-refractivity contribution is 0.153. The van der Waals surface area contributed by atoms with Gasteiger partial charge in [-0.2, -0.15) is 5.10 Å². The summed E-state index contributed by atoms with van der Waals surface area (Å²) in [4.78, 5) is 6.65. The Hall–Kier alpha value is -2.21. The molecule has 1 aromatic carbocycles. The molecule has 1 unspecified atom stereocenters. The number of rotatable bonds is 4. The van der Waals surface area contributed by atoms with Crippen molar-refractivity contribution < 1.29 is 0 Å². The smallest absolute Gasteiger partial charge is 0.0645 e. The first-order valence-electron chi connectivity index (χ1n) is 8.34. The minimum atomic E-state index is 0. The van der Waals surface area contributed by atoms with Crippen molar-refractivity contribution in [1.29, 1.82) is 0 Å². The second-order valence-corrected chi connectivity index (χ2v) is 6.10. The van der Waals surface area contributed by atoms with E-state index in [1.54, 1.807) is 0 Å². The van der Waals surface area contributed by atoms with Gasteiger partial charge in [-0.3, -0.25) is 9.88 Å². The van der Waals surface area contributed by atoms with Crippen molar-refractivity contribution in [3.63, 3.8) is 0 Å². The third-order valence-corrected chi connectivity index (χ3v) is 4.49. The summed E-state index contributed by atoms with van der Waals surface area (Å²) in [7, 11) is 0. The highest BCUT2D eigenvalue weighted by atomic mass is 35.5. The van der Waals surface area contributed by atoms with Crippen LogP contribution < -0.4 is 5.32 Å². The zero-order valence-electron chi connectivity index (χ0n) is 14.0. The van der Waals surface area contributed by atoms with E-state index >= 15 is 0 Å². The van der Waals surface area contributed by atoms with E-state index in [4.69, 9.17) is 0 Å². The maximum absolute atomic E-state index is 4.51. The number of aromatic nitrogens is 3. The number of halogens is 1. The van der Waals surface area contributed by atoms with E-state index in [0.29, 0.717) is 6.04 Å². The molecular formula is C19H22ClN5. The van der Waals surface area contributed by atoms with Crippen molar-refractivity contribution in [3.8, 4) is 5.69 Å². The molecule has 2 aromatic heterocycles. The van der Waals surface area contributed by atoms with Crippen LogP contribution in [0, 0.1) is 0 Å². The minimum Gasteiger partial charge on any atom is -0.314 e. The molecule has 0 saturated carbocycles. The first kappa shape index (κ1) is 17.6. The van der Waals surface area contributed by atoms with Gasteiger partial charge < -0.3 is 5.32 Å². The molecule has 130 valence electrons. The highest BCUT2D eigenvalue weighted by molar-refractivity contribution is 5.85. The fourth-order valence-corrected chi connectivity index (χ4v) is 3.25. The summed E-state index contributed by atoms with van der Waals surface area (Å²) in [6.07, 6.45) is 7.84. The lowest BCUT2D eigenvalue weighted by atomic mass is 10.0. The Labute approximate surface area is 154 Å². The quantitative estimate of drug-likeness (QED) is 0.781. The van der Waals surface area contributed by atoms with Crippen LogP contribution in [-0.2, 0) is 6.54 Å². The van der Waals surface area contributed by atoms with E-state index in [1.807, 2.05) is 41.5 Å². The van der Waals surface area contributed by atoms with Crippen LogP contribution in [0.25, 0.3) is 5.69 Å². The van der Waals surface area contributed by atoms with E-state index in [-0.39, 0.29) is 12.4 Å². The summed E-state index contributed by atoms with van der Waals surface area (Å²) in [5, 5.41) is 8.01. The number of piperazine rings is 1. The van der Waals surface area contributed by atoms with Gasteiger partial charge in [0.25, 0.3) is 0 Å². The van der Waals surface area contributed by atoms with Crippen LogP contribution in [-0.4, -0.2) is 39.3 Å². The Morgan fingerprint density at radius 3 is 2.68 bits per heavy atom. The molecule has 0 bridgehead atoms. The Bertz CT molecular complexity index is 775. The SMILES string of the molecule is Cl.c1ccc(-n2cc(CN3CCNCC3c3ccncc3)cn2)cc1. The zero-order chi connectivity index (χ0) is 16.2. The normalized spacial score (nSPS) is 17.8. The second kappa shape index (κ2) is 8.25. The summed E-state index contributed by atoms with van der Waals surface area (Å²) in [6, 6.07) is 14.8. The number of hydrogen-bond donors (Lipinski definition) is 1. The van der Waals surface area contributed by atoms with Gasteiger partial charge in [-0.1, -0.05) is 18.2 Å². The van der Waals surface area contributed by atoms with E-state index in [1.165, 1.54) is 11.1 Å². The fraction of sp³-hybridized carbons (Fsp3) is 0.263. The summed E-state index contributed by atoms with van der Waals surface area (Å²) < 4.78 is 1.94. The summed E-state index contributed by atoms with van der Waals surface area (Å²) >= 11 is 0. The van der Waals surface area contributed by atoms with Gasteiger partial charge in [0.2, 0.25) is 0 Å². The molecule has 1 saturated heterocycles. The maximum atomic E-state index is 4.51. The average molecular weight is 356 g/mol. The molecule has 6 heteroatoms. The van der Waals surface area contributed by atoms with E-state index in [9.17, 15) is 0 Å². The molecule has 5 nitrogen and oxygen atoms in total. The largest absolute Gasteiger partial charge is 0.314 e. The number of nitrogens with zero attached hydrogens (tertiary/aromatic N) is 4. The van der Waals surface area contributed by atoms with Crippen LogP contribution in [0.1, 0.15) is 17.2 Å². The molecule has 0 aliphatic carbocycles. The van der Waals surface area contributed by atoms with Crippen LogP contribution in [0.3, 0.4) is 0 Å². The molecule has 1 fully saturated rings. The average Bonchev–Trinajstić information content (AvgIpc) is 3.12. The Morgan fingerprint density at radius 2 is 1.88 bits per heavy atom. The predicted octanol–water partition coefficient (Wildman–Crippen LogP) is 2.84. The van der Waals surface area contributed by atoms with Crippen molar-refractivity contribution in [3.05, 3.63) is 78.4 Å². The first-order valence-corrected chi connectivity index (χ1v) is 8.34. The molecule has 4 rings (SSSR count). The Kier molecular flexibility index (Phi) is 5.81. The first-order chi connectivity index (χ1) is 11.9. The van der Waals surface area contributed by atoms with Gasteiger partial charge in [0.15, 0.2) is 0 Å². The second-order valence-electron chi connectivity index (χ2n) is 6.10. The topological polar surface area (TPSA) is 46.0 Å². The fourth-order valence-electron chi connectivity index (χ4n) is 3.25. The van der Waals surface area contributed by atoms with E-state index < -0.39 is 0 Å². The standard InChI is InChI=1S/C19H21N5.ClH/c1-2-4-18(5-3-1)24-15-16(12-22-24)14-23-11-10-21-13-19(23)17-6-8-20-9-7-17;/h1-9,12,15,19,21H,10-11,13-14H2;1H. The molecule has 3 heterocycles. The molecule has 3 aromatic rings. The van der Waals surface area contributed by atoms with Gasteiger partial charge in [0.1, 0.15) is 0 Å². The van der Waals surface area contributed by atoms with Crippen LogP contribution in [0.2, 0.25) is 0 Å². The molecule has 1 aliphatic heterocycles. The van der Waals surface area contributed by atoms with Crippen LogP contribution in [0.5, 0.6) is 0 Å². The highest BCUT2D eigenvalue weighted by Crippen LogP contribution is 2.23. The summed E-state index contributed by atoms with van der Waals surface area (Å²) in [5.41, 5.74) is 3.64. The summed E-state index contributed by atoms with van der Waals surface area (Å²) in [5.74, 6) is 0. The summed E-state index contributed by atoms with van der Waals surface area (Å²) in [6.45, 7) is 3.93. The van der Waals surface area contributed by atoms with Crippen LogP contribution in [0.4, 0.5) is 0 Å². The van der Waals surface area contributed by atoms with Gasteiger partial charge in [-0.15, -0.1) is 12.4 Å². The molecular weight excluding hydrogens is 334 g/mol. The third-order valence-electron chi connectivity index (χ3n) is 4.49. The lowest BCUT2D eigenvalue weighted by Crippen LogP contribution is -2.45. The van der Waals surface area contributed by atoms with Gasteiger partial charge >= 0.3 is 0 Å². The number of para-hydroxylation sites is 1. The molecule has 1 aliphatic rings. The van der Waals surface area contributed by atoms with Crippen molar-refractivity contribution in [2.75, 3.05) is 19.6 Å². The van der Waals surface area contributed by atoms with Gasteiger partial charge in [0, 0.05) is 56.4 Å². The number of hydrogen-bond acceptors (Lipinski definition) is 4. The van der Waals surface area contributed by atoms with Gasteiger partial charge in [-0.05, 0) is 29.8 Å². The Morgan fingerprint density at radius 1 is 1.08 bits per heavy atom. The molecule has 1 atom stereocenters. The highest BCUT2D eigenvalue weighted by Gasteiger charge is 2.24. The van der Waals surface area contributed by atoms with Gasteiger partial charge in [0.05, 0.1) is 11.9 Å². The maximum Gasteiger partial charge on any atom is 0.0645 e. The lowest BCUT2D eigenvalue weighted by Gasteiger charge is -2.36. The molecule has 25 heavy (non-hydrogen) atoms. The molecule has 0 spiro atoms. The van der Waals surface area contributed by atoms with Crippen molar-refractivity contribution in [1.82, 2.24) is 25.0 Å². The molecule has 0 radical (unpaired) electrons. The number of pyridine rings is 1. The number of nitrogens with one attached hydrogen (secondary N) is 1. The van der Waals surface area contributed by atoms with Crippen molar-refractivity contribution in [2.24, 2.45) is 0 Å². The predicted molar refractivity (Wildman–Crippen MR) is 101 cm³/mol. The zero-order valence-corrected chi connectivity index (χ0v) is 14.8. The van der Waals surface area contributed by atoms with Crippen molar-refractivity contribution >= 4 is 12.4 Å². The van der Waals surface area contributed by atoms with Crippen LogP contribution in [0.15, 0.2) is 67.3 Å². The number of benzene rings is 1. The third kappa shape index (κ3) is 4.07. The van der Waals surface area contributed by atoms with Crippen LogP contribution >= 0.6 is 12.4 Å². The monoisotopic (exact) mass is 355 g/mol. The molecule has 0 amide bonds.